The molecule has 134 valence electrons. The van der Waals surface area contributed by atoms with Gasteiger partial charge in [-0.2, -0.15) is 0 Å². The Labute approximate surface area is 152 Å². The molecule has 0 saturated heterocycles. The van der Waals surface area contributed by atoms with Crippen molar-refractivity contribution in [1.29, 1.82) is 0 Å². The second-order valence-corrected chi connectivity index (χ2v) is 5.95. The van der Waals surface area contributed by atoms with E-state index in [-0.39, 0.29) is 5.91 Å². The molecule has 0 radical (unpaired) electrons. The molecule has 1 amide bonds. The van der Waals surface area contributed by atoms with Crippen molar-refractivity contribution in [3.8, 4) is 17.2 Å². The van der Waals surface area contributed by atoms with E-state index in [2.05, 4.69) is 5.32 Å². The summed E-state index contributed by atoms with van der Waals surface area (Å²) in [4.78, 5) is 12.3. The number of anilines is 1. The van der Waals surface area contributed by atoms with Crippen LogP contribution in [0.4, 0.5) is 5.69 Å². The Hall–Kier alpha value is -2.40. The number of rotatable bonds is 7. The van der Waals surface area contributed by atoms with Gasteiger partial charge in [0.25, 0.3) is 0 Å². The normalized spacial score (nSPS) is 10.3. The van der Waals surface area contributed by atoms with Crippen LogP contribution in [-0.2, 0) is 11.2 Å². The molecule has 0 heterocycles. The number of halogens is 1. The third-order valence-electron chi connectivity index (χ3n) is 3.85. The molecule has 5 nitrogen and oxygen atoms in total. The summed E-state index contributed by atoms with van der Waals surface area (Å²) in [6, 6.07) is 9.16. The highest BCUT2D eigenvalue weighted by molar-refractivity contribution is 6.32. The van der Waals surface area contributed by atoms with Crippen LogP contribution in [0.1, 0.15) is 17.5 Å². The summed E-state index contributed by atoms with van der Waals surface area (Å²) >= 11 is 6.07. The Morgan fingerprint density at radius 1 is 1.00 bits per heavy atom. The summed E-state index contributed by atoms with van der Waals surface area (Å²) in [5, 5.41) is 3.27. The highest BCUT2D eigenvalue weighted by Crippen LogP contribution is 2.35. The zero-order chi connectivity index (χ0) is 18.4. The topological polar surface area (TPSA) is 56.8 Å². The van der Waals surface area contributed by atoms with E-state index >= 15 is 0 Å². The van der Waals surface area contributed by atoms with Crippen molar-refractivity contribution in [1.82, 2.24) is 0 Å². The molecule has 0 bridgehead atoms. The fraction of sp³-hybridized carbons (Fsp3) is 0.316. The van der Waals surface area contributed by atoms with E-state index in [0.29, 0.717) is 35.1 Å². The molecule has 0 aliphatic carbocycles. The second-order valence-electron chi connectivity index (χ2n) is 5.54. The maximum absolute atomic E-state index is 12.3. The molecule has 1 N–H and O–H groups in total. The highest BCUT2D eigenvalue weighted by Gasteiger charge is 2.13. The van der Waals surface area contributed by atoms with Crippen molar-refractivity contribution < 1.29 is 19.0 Å². The summed E-state index contributed by atoms with van der Waals surface area (Å²) < 4.78 is 15.7. The Kier molecular flexibility index (Phi) is 6.53. The quantitative estimate of drug-likeness (QED) is 0.799. The second kappa shape index (κ2) is 8.62. The van der Waals surface area contributed by atoms with Crippen molar-refractivity contribution >= 4 is 23.2 Å². The smallest absolute Gasteiger partial charge is 0.224 e. The van der Waals surface area contributed by atoms with Crippen LogP contribution in [0.5, 0.6) is 17.2 Å². The minimum atomic E-state index is -0.115. The number of nitrogens with one attached hydrogen (secondary N) is 1. The first-order chi connectivity index (χ1) is 12.0. The van der Waals surface area contributed by atoms with Crippen LogP contribution in [0.25, 0.3) is 0 Å². The Bertz CT molecular complexity index is 761. The average molecular weight is 364 g/mol. The minimum absolute atomic E-state index is 0.115. The van der Waals surface area contributed by atoms with Gasteiger partial charge >= 0.3 is 0 Å². The van der Waals surface area contributed by atoms with Gasteiger partial charge in [-0.25, -0.2) is 0 Å². The number of benzene rings is 2. The molecule has 0 spiro atoms. The molecule has 25 heavy (non-hydrogen) atoms. The van der Waals surface area contributed by atoms with Crippen molar-refractivity contribution in [2.45, 2.75) is 19.8 Å². The van der Waals surface area contributed by atoms with Gasteiger partial charge in [-0.3, -0.25) is 4.79 Å². The first-order valence-corrected chi connectivity index (χ1v) is 8.21. The lowest BCUT2D eigenvalue weighted by Gasteiger charge is -2.13. The molecule has 0 aliphatic rings. The molecule has 6 heteroatoms. The maximum Gasteiger partial charge on any atom is 0.224 e. The third-order valence-corrected chi connectivity index (χ3v) is 4.14. The molecule has 0 aromatic heterocycles. The van der Waals surface area contributed by atoms with Gasteiger partial charge in [0, 0.05) is 18.6 Å². The SMILES string of the molecule is COc1ccc(CCC(=O)Nc2cc(OC)c(Cl)cc2OC)cc1C. The van der Waals surface area contributed by atoms with E-state index in [1.165, 1.54) is 14.2 Å². The summed E-state index contributed by atoms with van der Waals surface area (Å²) in [6.07, 6.45) is 0.976. The summed E-state index contributed by atoms with van der Waals surface area (Å²) in [7, 11) is 4.68. The van der Waals surface area contributed by atoms with Crippen LogP contribution >= 0.6 is 11.6 Å². The van der Waals surface area contributed by atoms with Crippen molar-refractivity contribution in [2.24, 2.45) is 0 Å². The van der Waals surface area contributed by atoms with E-state index in [1.807, 2.05) is 25.1 Å². The molecule has 0 fully saturated rings. The van der Waals surface area contributed by atoms with Crippen LogP contribution in [-0.4, -0.2) is 27.2 Å². The molecule has 0 saturated carbocycles. The van der Waals surface area contributed by atoms with E-state index in [0.717, 1.165) is 16.9 Å². The maximum atomic E-state index is 12.3. The number of ether oxygens (including phenoxy) is 3. The third kappa shape index (κ3) is 4.79. The van der Waals surface area contributed by atoms with Gasteiger partial charge in [-0.05, 0) is 30.5 Å². The minimum Gasteiger partial charge on any atom is -0.496 e. The van der Waals surface area contributed by atoms with Gasteiger partial charge in [0.1, 0.15) is 17.2 Å². The number of aryl methyl sites for hydroxylation is 2. The summed E-state index contributed by atoms with van der Waals surface area (Å²) in [6.45, 7) is 1.98. The van der Waals surface area contributed by atoms with Gasteiger partial charge in [0.05, 0.1) is 32.0 Å². The van der Waals surface area contributed by atoms with Crippen molar-refractivity contribution in [2.75, 3.05) is 26.6 Å². The van der Waals surface area contributed by atoms with E-state index in [4.69, 9.17) is 25.8 Å². The molecular weight excluding hydrogens is 342 g/mol. The fourth-order valence-corrected chi connectivity index (χ4v) is 2.76. The number of hydrogen-bond donors (Lipinski definition) is 1. The van der Waals surface area contributed by atoms with Crippen molar-refractivity contribution in [3.63, 3.8) is 0 Å². The zero-order valence-corrected chi connectivity index (χ0v) is 15.6. The number of carbonyl (C=O) groups excluding carboxylic acids is 1. The first-order valence-electron chi connectivity index (χ1n) is 7.83. The zero-order valence-electron chi connectivity index (χ0n) is 14.8. The lowest BCUT2D eigenvalue weighted by atomic mass is 10.1. The number of hydrogen-bond acceptors (Lipinski definition) is 4. The largest absolute Gasteiger partial charge is 0.496 e. The standard InChI is InChI=1S/C19H22ClNO4/c1-12-9-13(5-7-16(12)23-2)6-8-19(22)21-15-11-17(24-3)14(20)10-18(15)25-4/h5,7,9-11H,6,8H2,1-4H3,(H,21,22). The van der Waals surface area contributed by atoms with E-state index in [1.54, 1.807) is 19.2 Å². The molecule has 2 aromatic carbocycles. The van der Waals surface area contributed by atoms with Gasteiger partial charge < -0.3 is 19.5 Å². The molecule has 0 unspecified atom stereocenters. The predicted octanol–water partition coefficient (Wildman–Crippen LogP) is 4.25. The fourth-order valence-electron chi connectivity index (χ4n) is 2.52. The van der Waals surface area contributed by atoms with Crippen LogP contribution in [0.2, 0.25) is 5.02 Å². The van der Waals surface area contributed by atoms with Gasteiger partial charge in [-0.15, -0.1) is 0 Å². The number of carbonyl (C=O) groups is 1. The monoisotopic (exact) mass is 363 g/mol. The molecule has 2 rings (SSSR count). The summed E-state index contributed by atoms with van der Waals surface area (Å²) in [5.41, 5.74) is 2.65. The van der Waals surface area contributed by atoms with Crippen LogP contribution < -0.4 is 19.5 Å². The Balaban J connectivity index is 2.04. The molecule has 0 aliphatic heterocycles. The highest BCUT2D eigenvalue weighted by atomic mass is 35.5. The van der Waals surface area contributed by atoms with Gasteiger partial charge in [0.15, 0.2) is 0 Å². The lowest BCUT2D eigenvalue weighted by molar-refractivity contribution is -0.116. The Morgan fingerprint density at radius 3 is 2.28 bits per heavy atom. The van der Waals surface area contributed by atoms with Crippen LogP contribution in [0.15, 0.2) is 30.3 Å². The van der Waals surface area contributed by atoms with Crippen LogP contribution in [0.3, 0.4) is 0 Å². The first kappa shape index (κ1) is 18.9. The summed E-state index contributed by atoms with van der Waals surface area (Å²) in [5.74, 6) is 1.69. The van der Waals surface area contributed by atoms with Gasteiger partial charge in [0.2, 0.25) is 5.91 Å². The van der Waals surface area contributed by atoms with Crippen LogP contribution in [0, 0.1) is 6.92 Å². The average Bonchev–Trinajstić information content (AvgIpc) is 2.61. The number of methoxy groups -OCH3 is 3. The van der Waals surface area contributed by atoms with Crippen molar-refractivity contribution in [3.05, 3.63) is 46.5 Å². The molecular formula is C19H22ClNO4. The van der Waals surface area contributed by atoms with Gasteiger partial charge in [-0.1, -0.05) is 23.7 Å². The molecule has 2 aromatic rings. The molecule has 0 atom stereocenters. The Morgan fingerprint density at radius 2 is 1.68 bits per heavy atom. The lowest BCUT2D eigenvalue weighted by Crippen LogP contribution is -2.13. The predicted molar refractivity (Wildman–Crippen MR) is 99.2 cm³/mol. The van der Waals surface area contributed by atoms with E-state index in [9.17, 15) is 4.79 Å². The van der Waals surface area contributed by atoms with E-state index < -0.39 is 0 Å². The number of amides is 1.